The van der Waals surface area contributed by atoms with Gasteiger partial charge in [-0.25, -0.2) is 4.39 Å². The SMILES string of the molecule is N#Cc1c(F)cccc1NCCCSc1ccccc1. The second kappa shape index (κ2) is 7.56. The molecule has 0 aliphatic rings. The molecule has 102 valence electrons. The van der Waals surface area contributed by atoms with Crippen LogP contribution >= 0.6 is 11.8 Å². The molecule has 0 atom stereocenters. The first kappa shape index (κ1) is 14.4. The van der Waals surface area contributed by atoms with E-state index in [0.29, 0.717) is 5.69 Å². The van der Waals surface area contributed by atoms with Crippen LogP contribution in [0.25, 0.3) is 0 Å². The van der Waals surface area contributed by atoms with Crippen LogP contribution in [0, 0.1) is 17.1 Å². The van der Waals surface area contributed by atoms with Crippen molar-refractivity contribution in [2.24, 2.45) is 0 Å². The van der Waals surface area contributed by atoms with Crippen LogP contribution in [0.3, 0.4) is 0 Å². The topological polar surface area (TPSA) is 35.8 Å². The van der Waals surface area contributed by atoms with Crippen LogP contribution in [0.2, 0.25) is 0 Å². The van der Waals surface area contributed by atoms with Crippen molar-refractivity contribution in [2.45, 2.75) is 11.3 Å². The fraction of sp³-hybridized carbons (Fsp3) is 0.188. The summed E-state index contributed by atoms with van der Waals surface area (Å²) in [6, 6.07) is 16.7. The van der Waals surface area contributed by atoms with Gasteiger partial charge in [-0.2, -0.15) is 5.26 Å². The van der Waals surface area contributed by atoms with Gasteiger partial charge in [0.25, 0.3) is 0 Å². The molecule has 0 saturated heterocycles. The number of thioether (sulfide) groups is 1. The monoisotopic (exact) mass is 286 g/mol. The molecule has 0 unspecified atom stereocenters. The molecule has 0 saturated carbocycles. The summed E-state index contributed by atoms with van der Waals surface area (Å²) >= 11 is 1.79. The van der Waals surface area contributed by atoms with E-state index in [1.165, 1.54) is 11.0 Å². The van der Waals surface area contributed by atoms with E-state index >= 15 is 0 Å². The Morgan fingerprint density at radius 3 is 2.65 bits per heavy atom. The van der Waals surface area contributed by atoms with Crippen molar-refractivity contribution in [2.75, 3.05) is 17.6 Å². The third kappa shape index (κ3) is 4.01. The molecule has 0 spiro atoms. The number of rotatable bonds is 6. The molecule has 0 heterocycles. The van der Waals surface area contributed by atoms with Crippen LogP contribution in [0.15, 0.2) is 53.4 Å². The van der Waals surface area contributed by atoms with Gasteiger partial charge in [-0.05, 0) is 36.4 Å². The normalized spacial score (nSPS) is 10.0. The molecule has 2 aromatic rings. The summed E-state index contributed by atoms with van der Waals surface area (Å²) in [5, 5.41) is 12.0. The summed E-state index contributed by atoms with van der Waals surface area (Å²) in [5.74, 6) is 0.505. The zero-order chi connectivity index (χ0) is 14.2. The zero-order valence-electron chi connectivity index (χ0n) is 11.0. The third-order valence-electron chi connectivity index (χ3n) is 2.77. The van der Waals surface area contributed by atoms with Crippen molar-refractivity contribution in [1.29, 1.82) is 5.26 Å². The lowest BCUT2D eigenvalue weighted by atomic mass is 10.2. The van der Waals surface area contributed by atoms with Gasteiger partial charge >= 0.3 is 0 Å². The smallest absolute Gasteiger partial charge is 0.143 e. The summed E-state index contributed by atoms with van der Waals surface area (Å²) in [5.41, 5.74) is 0.653. The first-order valence-corrected chi connectivity index (χ1v) is 7.40. The van der Waals surface area contributed by atoms with Crippen molar-refractivity contribution in [3.63, 3.8) is 0 Å². The van der Waals surface area contributed by atoms with Gasteiger partial charge in [0, 0.05) is 11.4 Å². The number of nitrogens with zero attached hydrogens (tertiary/aromatic N) is 1. The van der Waals surface area contributed by atoms with Gasteiger partial charge in [0.2, 0.25) is 0 Å². The predicted octanol–water partition coefficient (Wildman–Crippen LogP) is 4.29. The van der Waals surface area contributed by atoms with Crippen molar-refractivity contribution in [3.05, 3.63) is 59.9 Å². The van der Waals surface area contributed by atoms with Gasteiger partial charge in [0.1, 0.15) is 17.4 Å². The van der Waals surface area contributed by atoms with Crippen molar-refractivity contribution >= 4 is 17.4 Å². The molecule has 0 aliphatic carbocycles. The van der Waals surface area contributed by atoms with Gasteiger partial charge in [-0.1, -0.05) is 24.3 Å². The van der Waals surface area contributed by atoms with Crippen LogP contribution in [-0.4, -0.2) is 12.3 Å². The summed E-state index contributed by atoms with van der Waals surface area (Å²) in [4.78, 5) is 1.25. The standard InChI is InChI=1S/C16H15FN2S/c17-15-8-4-9-16(14(15)12-18)19-10-5-11-20-13-6-2-1-3-7-13/h1-4,6-9,19H,5,10-11H2. The molecule has 2 nitrogen and oxygen atoms in total. The van der Waals surface area contributed by atoms with E-state index in [1.54, 1.807) is 23.9 Å². The van der Waals surface area contributed by atoms with Crippen LogP contribution in [0.4, 0.5) is 10.1 Å². The fourth-order valence-electron chi connectivity index (χ4n) is 1.79. The molecule has 20 heavy (non-hydrogen) atoms. The molecular weight excluding hydrogens is 271 g/mol. The second-order valence-corrected chi connectivity index (χ2v) is 5.38. The number of benzene rings is 2. The van der Waals surface area contributed by atoms with E-state index in [2.05, 4.69) is 17.4 Å². The Morgan fingerprint density at radius 1 is 1.10 bits per heavy atom. The molecule has 2 rings (SSSR count). The van der Waals surface area contributed by atoms with Gasteiger partial charge < -0.3 is 5.32 Å². The lowest BCUT2D eigenvalue weighted by molar-refractivity contribution is 0.624. The van der Waals surface area contributed by atoms with Crippen molar-refractivity contribution < 1.29 is 4.39 Å². The number of anilines is 1. The zero-order valence-corrected chi connectivity index (χ0v) is 11.8. The molecule has 0 radical (unpaired) electrons. The largest absolute Gasteiger partial charge is 0.384 e. The minimum absolute atomic E-state index is 0.0863. The van der Waals surface area contributed by atoms with Crippen LogP contribution in [0.5, 0.6) is 0 Å². The molecule has 1 N–H and O–H groups in total. The molecule has 0 bridgehead atoms. The van der Waals surface area contributed by atoms with Gasteiger partial charge in [0.05, 0.1) is 5.69 Å². The minimum Gasteiger partial charge on any atom is -0.384 e. The van der Waals surface area contributed by atoms with Crippen molar-refractivity contribution in [3.8, 4) is 6.07 Å². The van der Waals surface area contributed by atoms with Crippen molar-refractivity contribution in [1.82, 2.24) is 0 Å². The first-order chi connectivity index (χ1) is 9.81. The number of hydrogen-bond acceptors (Lipinski definition) is 3. The van der Waals surface area contributed by atoms with Crippen LogP contribution in [0.1, 0.15) is 12.0 Å². The average molecular weight is 286 g/mol. The first-order valence-electron chi connectivity index (χ1n) is 6.41. The molecule has 0 aliphatic heterocycles. The fourth-order valence-corrected chi connectivity index (χ4v) is 2.66. The predicted molar refractivity (Wildman–Crippen MR) is 81.4 cm³/mol. The van der Waals surface area contributed by atoms with E-state index in [9.17, 15) is 4.39 Å². The highest BCUT2D eigenvalue weighted by atomic mass is 32.2. The van der Waals surface area contributed by atoms with Crippen LogP contribution in [-0.2, 0) is 0 Å². The summed E-state index contributed by atoms with van der Waals surface area (Å²) < 4.78 is 13.4. The highest BCUT2D eigenvalue weighted by Crippen LogP contribution is 2.19. The molecular formula is C16H15FN2S. The maximum absolute atomic E-state index is 13.4. The Morgan fingerprint density at radius 2 is 1.90 bits per heavy atom. The molecule has 0 aromatic heterocycles. The third-order valence-corrected chi connectivity index (χ3v) is 3.87. The maximum atomic E-state index is 13.4. The lowest BCUT2D eigenvalue weighted by Gasteiger charge is -2.08. The van der Waals surface area contributed by atoms with E-state index in [4.69, 9.17) is 5.26 Å². The highest BCUT2D eigenvalue weighted by molar-refractivity contribution is 7.99. The quantitative estimate of drug-likeness (QED) is 0.635. The molecule has 0 fully saturated rings. The average Bonchev–Trinajstić information content (AvgIpc) is 2.48. The van der Waals surface area contributed by atoms with Gasteiger partial charge in [-0.3, -0.25) is 0 Å². The summed E-state index contributed by atoms with van der Waals surface area (Å²) in [6.07, 6.45) is 0.945. The highest BCUT2D eigenvalue weighted by Gasteiger charge is 2.06. The van der Waals surface area contributed by atoms with Gasteiger partial charge in [-0.15, -0.1) is 11.8 Å². The van der Waals surface area contributed by atoms with E-state index in [0.717, 1.165) is 18.7 Å². The number of hydrogen-bond donors (Lipinski definition) is 1. The Labute approximate surface area is 122 Å². The van der Waals surface area contributed by atoms with E-state index in [1.807, 2.05) is 24.3 Å². The Kier molecular flexibility index (Phi) is 5.45. The van der Waals surface area contributed by atoms with E-state index < -0.39 is 5.82 Å². The number of halogens is 1. The Bertz CT molecular complexity index is 593. The molecule has 0 amide bonds. The summed E-state index contributed by atoms with van der Waals surface area (Å²) in [7, 11) is 0. The maximum Gasteiger partial charge on any atom is 0.143 e. The van der Waals surface area contributed by atoms with E-state index in [-0.39, 0.29) is 5.56 Å². The lowest BCUT2D eigenvalue weighted by Crippen LogP contribution is -2.05. The summed E-state index contributed by atoms with van der Waals surface area (Å²) in [6.45, 7) is 0.720. The minimum atomic E-state index is -0.476. The molecule has 4 heteroatoms. The Balaban J connectivity index is 1.77. The Hall–Kier alpha value is -1.99. The second-order valence-electron chi connectivity index (χ2n) is 4.22. The molecule has 2 aromatic carbocycles. The van der Waals surface area contributed by atoms with Gasteiger partial charge in [0.15, 0.2) is 0 Å². The number of nitrogens with one attached hydrogen (secondary N) is 1. The van der Waals surface area contributed by atoms with Crippen LogP contribution < -0.4 is 5.32 Å². The number of nitriles is 1.